The molecule has 0 bridgehead atoms. The molecule has 0 amide bonds. The van der Waals surface area contributed by atoms with E-state index in [0.29, 0.717) is 31.2 Å². The van der Waals surface area contributed by atoms with Gasteiger partial charge in [-0.2, -0.15) is 0 Å². The van der Waals surface area contributed by atoms with Crippen LogP contribution in [0.3, 0.4) is 0 Å². The highest BCUT2D eigenvalue weighted by atomic mass is 16.6. The number of methoxy groups -OCH3 is 1. The van der Waals surface area contributed by atoms with E-state index in [-0.39, 0.29) is 13.2 Å². The lowest BCUT2D eigenvalue weighted by atomic mass is 10.3. The van der Waals surface area contributed by atoms with Crippen LogP contribution in [0.1, 0.15) is 0 Å². The Labute approximate surface area is 158 Å². The lowest BCUT2D eigenvalue weighted by molar-refractivity contribution is -0.142. The van der Waals surface area contributed by atoms with Crippen molar-refractivity contribution in [3.63, 3.8) is 0 Å². The van der Waals surface area contributed by atoms with Crippen LogP contribution in [0.25, 0.3) is 0 Å². The minimum Gasteiger partial charge on any atom is -0.492 e. The number of esters is 1. The molecular formula is C20H25NO6. The van der Waals surface area contributed by atoms with E-state index < -0.39 is 12.1 Å². The van der Waals surface area contributed by atoms with Crippen molar-refractivity contribution in [1.29, 1.82) is 0 Å². The van der Waals surface area contributed by atoms with Crippen LogP contribution < -0.4 is 19.5 Å². The second kappa shape index (κ2) is 11.8. The molecule has 0 aromatic heterocycles. The smallest absolute Gasteiger partial charge is 0.343 e. The molecule has 2 rings (SSSR count). The van der Waals surface area contributed by atoms with Crippen LogP contribution >= 0.6 is 0 Å². The van der Waals surface area contributed by atoms with Gasteiger partial charge in [0.1, 0.15) is 36.6 Å². The van der Waals surface area contributed by atoms with Gasteiger partial charge < -0.3 is 29.4 Å². The molecule has 0 unspecified atom stereocenters. The van der Waals surface area contributed by atoms with Crippen molar-refractivity contribution in [2.75, 3.05) is 40.0 Å². The molecule has 0 aliphatic rings. The monoisotopic (exact) mass is 375 g/mol. The molecule has 0 saturated carbocycles. The zero-order chi connectivity index (χ0) is 19.3. The molecule has 2 aromatic carbocycles. The molecule has 7 heteroatoms. The average molecular weight is 375 g/mol. The number of hydrogen-bond acceptors (Lipinski definition) is 7. The van der Waals surface area contributed by atoms with Crippen LogP contribution in [-0.2, 0) is 9.53 Å². The summed E-state index contributed by atoms with van der Waals surface area (Å²) in [6.07, 6.45) is -0.601. The fourth-order valence-corrected chi connectivity index (χ4v) is 2.11. The van der Waals surface area contributed by atoms with Crippen molar-refractivity contribution in [2.45, 2.75) is 6.10 Å². The number of ether oxygens (including phenoxy) is 4. The van der Waals surface area contributed by atoms with Crippen LogP contribution in [0.15, 0.2) is 54.6 Å². The standard InChI is InChI=1S/C20H25NO6/c1-24-20(23)15-27-19-9-7-18(8-10-19)25-12-11-21-13-16(22)14-26-17-5-3-2-4-6-17/h2-10,16,21-22H,11-15H2,1H3/t16-/m0/s1. The number of hydrogen-bond donors (Lipinski definition) is 2. The molecule has 0 aliphatic heterocycles. The third-order valence-electron chi connectivity index (χ3n) is 3.52. The Hall–Kier alpha value is -2.77. The Balaban J connectivity index is 1.55. The molecule has 2 N–H and O–H groups in total. The van der Waals surface area contributed by atoms with Crippen molar-refractivity contribution in [2.24, 2.45) is 0 Å². The Morgan fingerprint density at radius 2 is 1.59 bits per heavy atom. The summed E-state index contributed by atoms with van der Waals surface area (Å²) in [7, 11) is 1.31. The molecule has 2 aromatic rings. The third kappa shape index (κ3) is 8.44. The molecule has 7 nitrogen and oxygen atoms in total. The lowest BCUT2D eigenvalue weighted by Crippen LogP contribution is -2.33. The van der Waals surface area contributed by atoms with E-state index in [2.05, 4.69) is 10.1 Å². The second-order valence-electron chi connectivity index (χ2n) is 5.67. The topological polar surface area (TPSA) is 86.3 Å². The normalized spacial score (nSPS) is 11.5. The first kappa shape index (κ1) is 20.5. The molecule has 0 fully saturated rings. The van der Waals surface area contributed by atoms with Crippen LogP contribution in [0, 0.1) is 0 Å². The fraction of sp³-hybridized carbons (Fsp3) is 0.350. The van der Waals surface area contributed by atoms with E-state index in [0.717, 1.165) is 5.75 Å². The first-order chi connectivity index (χ1) is 13.2. The summed E-state index contributed by atoms with van der Waals surface area (Å²) in [4.78, 5) is 11.0. The van der Waals surface area contributed by atoms with Gasteiger partial charge in [-0.1, -0.05) is 18.2 Å². The van der Waals surface area contributed by atoms with Gasteiger partial charge in [0.25, 0.3) is 0 Å². The number of carbonyl (C=O) groups excluding carboxylic acids is 1. The maximum absolute atomic E-state index is 11.0. The summed E-state index contributed by atoms with van der Waals surface area (Å²) < 4.78 is 20.8. The Kier molecular flexibility index (Phi) is 8.95. The summed E-state index contributed by atoms with van der Waals surface area (Å²) in [5, 5.41) is 13.0. The molecule has 0 aliphatic carbocycles. The van der Waals surface area contributed by atoms with Crippen molar-refractivity contribution in [3.8, 4) is 17.2 Å². The predicted octanol–water partition coefficient (Wildman–Crippen LogP) is 1.65. The summed E-state index contributed by atoms with van der Waals surface area (Å²) in [6, 6.07) is 16.3. The molecule has 0 spiro atoms. The van der Waals surface area contributed by atoms with E-state index >= 15 is 0 Å². The van der Waals surface area contributed by atoms with Gasteiger partial charge in [-0.15, -0.1) is 0 Å². The van der Waals surface area contributed by atoms with Gasteiger partial charge in [0.2, 0.25) is 0 Å². The SMILES string of the molecule is COC(=O)COc1ccc(OCCNC[C@H](O)COc2ccccc2)cc1. The van der Waals surface area contributed by atoms with Crippen molar-refractivity contribution >= 4 is 5.97 Å². The maximum atomic E-state index is 11.0. The first-order valence-electron chi connectivity index (χ1n) is 8.66. The minimum atomic E-state index is -0.601. The summed E-state index contributed by atoms with van der Waals surface area (Å²) >= 11 is 0. The van der Waals surface area contributed by atoms with Gasteiger partial charge >= 0.3 is 5.97 Å². The van der Waals surface area contributed by atoms with Crippen LogP contribution in [0.4, 0.5) is 0 Å². The molecule has 1 atom stereocenters. The lowest BCUT2D eigenvalue weighted by Gasteiger charge is -2.13. The van der Waals surface area contributed by atoms with Gasteiger partial charge in [0.15, 0.2) is 6.61 Å². The minimum absolute atomic E-state index is 0.128. The third-order valence-corrected chi connectivity index (χ3v) is 3.52. The fourth-order valence-electron chi connectivity index (χ4n) is 2.11. The highest BCUT2D eigenvalue weighted by Gasteiger charge is 2.05. The van der Waals surface area contributed by atoms with E-state index in [9.17, 15) is 9.90 Å². The van der Waals surface area contributed by atoms with Crippen molar-refractivity contribution in [1.82, 2.24) is 5.32 Å². The number of carbonyl (C=O) groups is 1. The Morgan fingerprint density at radius 3 is 2.26 bits per heavy atom. The van der Waals surface area contributed by atoms with Gasteiger partial charge in [-0.05, 0) is 36.4 Å². The molecule has 27 heavy (non-hydrogen) atoms. The molecule has 0 radical (unpaired) electrons. The summed E-state index contributed by atoms with van der Waals surface area (Å²) in [5.74, 6) is 1.55. The summed E-state index contributed by atoms with van der Waals surface area (Å²) in [5.41, 5.74) is 0. The average Bonchev–Trinajstić information content (AvgIpc) is 2.71. The van der Waals surface area contributed by atoms with Gasteiger partial charge in [0, 0.05) is 13.1 Å². The molecule has 146 valence electrons. The van der Waals surface area contributed by atoms with E-state index in [1.807, 2.05) is 30.3 Å². The first-order valence-corrected chi connectivity index (χ1v) is 8.66. The quantitative estimate of drug-likeness (QED) is 0.431. The zero-order valence-electron chi connectivity index (χ0n) is 15.3. The highest BCUT2D eigenvalue weighted by molar-refractivity contribution is 5.70. The highest BCUT2D eigenvalue weighted by Crippen LogP contribution is 2.17. The van der Waals surface area contributed by atoms with Crippen molar-refractivity contribution in [3.05, 3.63) is 54.6 Å². The van der Waals surface area contributed by atoms with Gasteiger partial charge in [-0.25, -0.2) is 4.79 Å². The predicted molar refractivity (Wildman–Crippen MR) is 100 cm³/mol. The zero-order valence-corrected chi connectivity index (χ0v) is 15.3. The van der Waals surface area contributed by atoms with Gasteiger partial charge in [0.05, 0.1) is 7.11 Å². The molecular weight excluding hydrogens is 350 g/mol. The Morgan fingerprint density at radius 1 is 0.963 bits per heavy atom. The maximum Gasteiger partial charge on any atom is 0.343 e. The number of nitrogens with one attached hydrogen (secondary N) is 1. The Bertz CT molecular complexity index is 662. The number of para-hydroxylation sites is 1. The van der Waals surface area contributed by atoms with E-state index in [4.69, 9.17) is 14.2 Å². The van der Waals surface area contributed by atoms with E-state index in [1.165, 1.54) is 7.11 Å². The number of aliphatic hydroxyl groups is 1. The number of rotatable bonds is 12. The largest absolute Gasteiger partial charge is 0.492 e. The molecule has 0 heterocycles. The van der Waals surface area contributed by atoms with Gasteiger partial charge in [-0.3, -0.25) is 0 Å². The van der Waals surface area contributed by atoms with E-state index in [1.54, 1.807) is 24.3 Å². The van der Waals surface area contributed by atoms with Crippen LogP contribution in [-0.4, -0.2) is 57.2 Å². The second-order valence-corrected chi connectivity index (χ2v) is 5.67. The molecule has 0 saturated heterocycles. The number of benzene rings is 2. The van der Waals surface area contributed by atoms with Crippen LogP contribution in [0.2, 0.25) is 0 Å². The van der Waals surface area contributed by atoms with Crippen LogP contribution in [0.5, 0.6) is 17.2 Å². The number of aliphatic hydroxyl groups excluding tert-OH is 1. The van der Waals surface area contributed by atoms with Crippen molar-refractivity contribution < 1.29 is 28.8 Å². The summed E-state index contributed by atoms with van der Waals surface area (Å²) in [6.45, 7) is 1.55.